The van der Waals surface area contributed by atoms with Crippen molar-refractivity contribution in [1.82, 2.24) is 4.98 Å². The van der Waals surface area contributed by atoms with Gasteiger partial charge in [-0.25, -0.2) is 9.78 Å². The average molecular weight is 363 g/mol. The van der Waals surface area contributed by atoms with Crippen LogP contribution in [0.25, 0.3) is 0 Å². The standard InChI is InChI=1S/C8H5F3INO4/c1-16-3-2-4(12)13-5(7(14)15)6(3)17-8(9,10)11/h2H,1H3,(H,14,15). The number of ether oxygens (including phenoxy) is 2. The molecular formula is C8H5F3INO4. The summed E-state index contributed by atoms with van der Waals surface area (Å²) in [6.45, 7) is 0. The number of carboxylic acids is 1. The van der Waals surface area contributed by atoms with Crippen molar-refractivity contribution >= 4 is 28.6 Å². The predicted molar refractivity (Wildman–Crippen MR) is 57.1 cm³/mol. The van der Waals surface area contributed by atoms with E-state index in [0.717, 1.165) is 13.2 Å². The number of methoxy groups -OCH3 is 1. The zero-order valence-electron chi connectivity index (χ0n) is 8.21. The SMILES string of the molecule is COc1cc(I)nc(C(=O)O)c1OC(F)(F)F. The Balaban J connectivity index is 3.37. The number of nitrogens with zero attached hydrogens (tertiary/aromatic N) is 1. The van der Waals surface area contributed by atoms with E-state index in [9.17, 15) is 18.0 Å². The van der Waals surface area contributed by atoms with Crippen LogP contribution in [0.4, 0.5) is 13.2 Å². The van der Waals surface area contributed by atoms with Gasteiger partial charge in [-0.3, -0.25) is 0 Å². The van der Waals surface area contributed by atoms with E-state index in [1.54, 1.807) is 22.6 Å². The summed E-state index contributed by atoms with van der Waals surface area (Å²) in [7, 11) is 1.10. The molecule has 0 amide bonds. The molecule has 1 rings (SSSR count). The Hall–Kier alpha value is -1.26. The molecule has 17 heavy (non-hydrogen) atoms. The summed E-state index contributed by atoms with van der Waals surface area (Å²) < 4.78 is 44.7. The van der Waals surface area contributed by atoms with Crippen LogP contribution in [0.5, 0.6) is 11.5 Å². The van der Waals surface area contributed by atoms with Crippen molar-refractivity contribution in [3.05, 3.63) is 15.5 Å². The summed E-state index contributed by atoms with van der Waals surface area (Å²) >= 11 is 1.65. The van der Waals surface area contributed by atoms with E-state index < -0.39 is 23.8 Å². The number of rotatable bonds is 3. The van der Waals surface area contributed by atoms with Crippen molar-refractivity contribution in [2.24, 2.45) is 0 Å². The van der Waals surface area contributed by atoms with Gasteiger partial charge in [-0.15, -0.1) is 13.2 Å². The highest BCUT2D eigenvalue weighted by Gasteiger charge is 2.35. The maximum atomic E-state index is 12.1. The molecule has 0 aliphatic heterocycles. The highest BCUT2D eigenvalue weighted by molar-refractivity contribution is 14.1. The monoisotopic (exact) mass is 363 g/mol. The van der Waals surface area contributed by atoms with Gasteiger partial charge in [-0.1, -0.05) is 0 Å². The number of carboxylic acid groups (broad SMARTS) is 1. The van der Waals surface area contributed by atoms with Gasteiger partial charge in [0, 0.05) is 6.07 Å². The number of aromatic carboxylic acids is 1. The molecule has 0 aliphatic carbocycles. The van der Waals surface area contributed by atoms with Crippen molar-refractivity contribution in [2.75, 3.05) is 7.11 Å². The molecule has 94 valence electrons. The molecule has 0 saturated carbocycles. The molecule has 0 saturated heterocycles. The zero-order valence-corrected chi connectivity index (χ0v) is 10.4. The van der Waals surface area contributed by atoms with E-state index in [1.807, 2.05) is 0 Å². The number of carbonyl (C=O) groups is 1. The van der Waals surface area contributed by atoms with Crippen molar-refractivity contribution in [3.8, 4) is 11.5 Å². The van der Waals surface area contributed by atoms with E-state index in [-0.39, 0.29) is 9.45 Å². The van der Waals surface area contributed by atoms with Crippen LogP contribution in [0.15, 0.2) is 6.07 Å². The van der Waals surface area contributed by atoms with Crippen LogP contribution in [0, 0.1) is 3.70 Å². The molecule has 1 N–H and O–H groups in total. The summed E-state index contributed by atoms with van der Waals surface area (Å²) in [4.78, 5) is 14.2. The van der Waals surface area contributed by atoms with Crippen molar-refractivity contribution < 1.29 is 32.5 Å². The Labute approximate surface area is 107 Å². The first-order valence-electron chi connectivity index (χ1n) is 3.98. The lowest BCUT2D eigenvalue weighted by Gasteiger charge is -2.14. The third-order valence-electron chi connectivity index (χ3n) is 1.55. The minimum absolute atomic E-state index is 0.173. The molecule has 1 heterocycles. The fourth-order valence-corrected chi connectivity index (χ4v) is 1.52. The maximum Gasteiger partial charge on any atom is 0.573 e. The minimum Gasteiger partial charge on any atom is -0.493 e. The molecule has 1 aromatic heterocycles. The molecule has 0 spiro atoms. The molecule has 1 aromatic rings. The largest absolute Gasteiger partial charge is 0.573 e. The van der Waals surface area contributed by atoms with Gasteiger partial charge in [-0.2, -0.15) is 0 Å². The highest BCUT2D eigenvalue weighted by Crippen LogP contribution is 2.35. The Bertz CT molecular complexity index is 449. The van der Waals surface area contributed by atoms with E-state index in [2.05, 4.69) is 14.5 Å². The van der Waals surface area contributed by atoms with Gasteiger partial charge in [0.1, 0.15) is 3.70 Å². The van der Waals surface area contributed by atoms with Crippen molar-refractivity contribution in [3.63, 3.8) is 0 Å². The van der Waals surface area contributed by atoms with Gasteiger partial charge < -0.3 is 14.6 Å². The number of aromatic nitrogens is 1. The first-order valence-corrected chi connectivity index (χ1v) is 5.06. The van der Waals surface area contributed by atoms with Crippen LogP contribution in [0.3, 0.4) is 0 Å². The van der Waals surface area contributed by atoms with E-state index in [1.165, 1.54) is 0 Å². The number of hydrogen-bond donors (Lipinski definition) is 1. The second kappa shape index (κ2) is 4.94. The fraction of sp³-hybridized carbons (Fsp3) is 0.250. The van der Waals surface area contributed by atoms with Crippen LogP contribution in [-0.4, -0.2) is 29.5 Å². The molecule has 0 radical (unpaired) electrons. The quantitative estimate of drug-likeness (QED) is 0.660. The van der Waals surface area contributed by atoms with Gasteiger partial charge in [0.25, 0.3) is 0 Å². The number of pyridine rings is 1. The highest BCUT2D eigenvalue weighted by atomic mass is 127. The third kappa shape index (κ3) is 3.61. The smallest absolute Gasteiger partial charge is 0.493 e. The molecule has 0 bridgehead atoms. The van der Waals surface area contributed by atoms with E-state index in [0.29, 0.717) is 0 Å². The van der Waals surface area contributed by atoms with Crippen LogP contribution in [0.2, 0.25) is 0 Å². The summed E-state index contributed by atoms with van der Waals surface area (Å²) in [6.07, 6.45) is -5.02. The molecular weight excluding hydrogens is 358 g/mol. The third-order valence-corrected chi connectivity index (χ3v) is 2.10. The molecule has 5 nitrogen and oxygen atoms in total. The molecule has 0 unspecified atom stereocenters. The first-order chi connectivity index (χ1) is 7.74. The Morgan fingerprint density at radius 1 is 1.53 bits per heavy atom. The minimum atomic E-state index is -5.02. The topological polar surface area (TPSA) is 68.7 Å². The summed E-state index contributed by atoms with van der Waals surface area (Å²) in [5.41, 5.74) is -0.855. The first kappa shape index (κ1) is 13.8. The fourth-order valence-electron chi connectivity index (χ4n) is 0.991. The second-order valence-electron chi connectivity index (χ2n) is 2.68. The van der Waals surface area contributed by atoms with Crippen molar-refractivity contribution in [2.45, 2.75) is 6.36 Å². The van der Waals surface area contributed by atoms with E-state index >= 15 is 0 Å². The van der Waals surface area contributed by atoms with Crippen LogP contribution in [-0.2, 0) is 0 Å². The maximum absolute atomic E-state index is 12.1. The van der Waals surface area contributed by atoms with Gasteiger partial charge in [0.15, 0.2) is 11.4 Å². The summed E-state index contributed by atoms with van der Waals surface area (Å²) in [5, 5.41) is 8.74. The average Bonchev–Trinajstić information content (AvgIpc) is 2.17. The second-order valence-corrected chi connectivity index (χ2v) is 3.78. The van der Waals surface area contributed by atoms with E-state index in [4.69, 9.17) is 5.11 Å². The summed E-state index contributed by atoms with van der Waals surface area (Å²) in [6, 6.07) is 1.13. The predicted octanol–water partition coefficient (Wildman–Crippen LogP) is 2.29. The molecule has 0 aromatic carbocycles. The number of hydrogen-bond acceptors (Lipinski definition) is 4. The summed E-state index contributed by atoms with van der Waals surface area (Å²) in [5.74, 6) is -2.95. The lowest BCUT2D eigenvalue weighted by Crippen LogP contribution is -2.20. The van der Waals surface area contributed by atoms with Gasteiger partial charge in [0.05, 0.1) is 7.11 Å². The molecule has 0 fully saturated rings. The molecule has 0 aliphatic rings. The lowest BCUT2D eigenvalue weighted by atomic mass is 10.3. The van der Waals surface area contributed by atoms with Crippen LogP contribution in [0.1, 0.15) is 10.5 Å². The van der Waals surface area contributed by atoms with Crippen LogP contribution >= 0.6 is 22.6 Å². The molecule has 9 heteroatoms. The number of halogens is 4. The Morgan fingerprint density at radius 2 is 2.12 bits per heavy atom. The van der Waals surface area contributed by atoms with Gasteiger partial charge >= 0.3 is 12.3 Å². The lowest BCUT2D eigenvalue weighted by molar-refractivity contribution is -0.275. The zero-order chi connectivity index (χ0) is 13.2. The number of alkyl halides is 3. The normalized spacial score (nSPS) is 11.1. The van der Waals surface area contributed by atoms with Gasteiger partial charge in [0.2, 0.25) is 5.75 Å². The Morgan fingerprint density at radius 3 is 2.53 bits per heavy atom. The Kier molecular flexibility index (Phi) is 4.01. The molecule has 0 atom stereocenters. The van der Waals surface area contributed by atoms with Crippen LogP contribution < -0.4 is 9.47 Å². The van der Waals surface area contributed by atoms with Crippen molar-refractivity contribution in [1.29, 1.82) is 0 Å². The van der Waals surface area contributed by atoms with Gasteiger partial charge in [-0.05, 0) is 22.6 Å².